The second-order valence-corrected chi connectivity index (χ2v) is 8.33. The van der Waals surface area contributed by atoms with Gasteiger partial charge in [0.2, 0.25) is 0 Å². The molecule has 7 heteroatoms. The number of aryl methyl sites for hydroxylation is 1. The summed E-state index contributed by atoms with van der Waals surface area (Å²) in [4.78, 5) is 25.2. The average molecular weight is 421 g/mol. The second kappa shape index (κ2) is 8.67. The number of hydrogen-bond acceptors (Lipinski definition) is 6. The third-order valence-electron chi connectivity index (χ3n) is 5.16. The molecule has 1 aromatic carbocycles. The maximum absolute atomic E-state index is 13.4. The van der Waals surface area contributed by atoms with Crippen LogP contribution < -0.4 is 5.32 Å². The number of likely N-dealkylation sites (tertiary alicyclic amines) is 1. The largest absolute Gasteiger partial charge is 0.424 e. The van der Waals surface area contributed by atoms with Crippen molar-refractivity contribution in [1.82, 2.24) is 14.9 Å². The number of thiazole rings is 1. The first-order valence-corrected chi connectivity index (χ1v) is 10.8. The molecule has 0 saturated carbocycles. The van der Waals surface area contributed by atoms with Crippen LogP contribution in [0.25, 0.3) is 22.6 Å². The number of carbonyl (C=O) groups excluding carboxylic acids is 1. The molecule has 0 bridgehead atoms. The molecule has 3 heterocycles. The summed E-state index contributed by atoms with van der Waals surface area (Å²) in [5, 5.41) is 4.11. The van der Waals surface area contributed by atoms with Crippen molar-refractivity contribution >= 4 is 35.4 Å². The Labute approximate surface area is 180 Å². The van der Waals surface area contributed by atoms with E-state index in [0.29, 0.717) is 29.7 Å². The van der Waals surface area contributed by atoms with Gasteiger partial charge in [0, 0.05) is 19.1 Å². The second-order valence-electron chi connectivity index (χ2n) is 7.13. The topological polar surface area (TPSA) is 71.3 Å². The highest BCUT2D eigenvalue weighted by atomic mass is 32.1. The summed E-state index contributed by atoms with van der Waals surface area (Å²) < 4.78 is 5.65. The van der Waals surface area contributed by atoms with E-state index in [-0.39, 0.29) is 11.9 Å². The van der Waals surface area contributed by atoms with Crippen LogP contribution in [0.3, 0.4) is 0 Å². The molecule has 4 rings (SSSR count). The zero-order chi connectivity index (χ0) is 21.1. The van der Waals surface area contributed by atoms with Crippen molar-refractivity contribution in [3.63, 3.8) is 0 Å². The molecule has 0 spiro atoms. The highest BCUT2D eigenvalue weighted by Gasteiger charge is 2.32. The first-order chi connectivity index (χ1) is 14.6. The van der Waals surface area contributed by atoms with Crippen LogP contribution in [0.1, 0.15) is 39.8 Å². The molecule has 0 radical (unpaired) electrons. The van der Waals surface area contributed by atoms with Crippen LogP contribution in [0.15, 0.2) is 47.9 Å². The van der Waals surface area contributed by atoms with Crippen LogP contribution in [0.4, 0.5) is 6.01 Å². The van der Waals surface area contributed by atoms with E-state index in [4.69, 9.17) is 4.42 Å². The van der Waals surface area contributed by atoms with E-state index in [1.165, 1.54) is 0 Å². The van der Waals surface area contributed by atoms with E-state index in [0.717, 1.165) is 34.8 Å². The summed E-state index contributed by atoms with van der Waals surface area (Å²) in [5.41, 5.74) is 2.21. The number of nitrogens with one attached hydrogen (secondary N) is 1. The van der Waals surface area contributed by atoms with Gasteiger partial charge in [-0.3, -0.25) is 4.79 Å². The number of benzene rings is 1. The standard InChI is InChI=1S/C23H24N4O2S/c1-4-18-19(5-2)29-23(26-18)24-14-17-12-9-13-27(17)22(28)20-21(30-15(3)25-20)16-10-7-6-8-11-16/h4-8,10-11,17H,1-2,9,12-14H2,3H3,(H,24,26). The average Bonchev–Trinajstić information content (AvgIpc) is 3.49. The van der Waals surface area contributed by atoms with Gasteiger partial charge in [-0.25, -0.2) is 4.98 Å². The van der Waals surface area contributed by atoms with Gasteiger partial charge in [0.05, 0.1) is 9.88 Å². The molecule has 30 heavy (non-hydrogen) atoms. The molecule has 0 aliphatic carbocycles. The fraction of sp³-hybridized carbons (Fsp3) is 0.261. The summed E-state index contributed by atoms with van der Waals surface area (Å²) in [7, 11) is 0. The van der Waals surface area contributed by atoms with E-state index in [1.807, 2.05) is 42.2 Å². The Bertz CT molecular complexity index is 1040. The first kappa shape index (κ1) is 20.1. The summed E-state index contributed by atoms with van der Waals surface area (Å²) in [5.74, 6) is 0.561. The zero-order valence-corrected chi connectivity index (χ0v) is 17.7. The fourth-order valence-corrected chi connectivity index (χ4v) is 4.64. The lowest BCUT2D eigenvalue weighted by Crippen LogP contribution is -2.40. The number of rotatable bonds is 7. The van der Waals surface area contributed by atoms with Crippen molar-refractivity contribution in [2.75, 3.05) is 18.4 Å². The zero-order valence-electron chi connectivity index (χ0n) is 16.9. The van der Waals surface area contributed by atoms with E-state index in [2.05, 4.69) is 28.4 Å². The molecule has 1 saturated heterocycles. The normalized spacial score (nSPS) is 15.9. The fourth-order valence-electron chi connectivity index (χ4n) is 3.73. The smallest absolute Gasteiger partial charge is 0.295 e. The summed E-state index contributed by atoms with van der Waals surface area (Å²) in [6, 6.07) is 10.4. The quantitative estimate of drug-likeness (QED) is 0.575. The molecule has 1 fully saturated rings. The SMILES string of the molecule is C=Cc1nc(NCC2CCCN2C(=O)c2nc(C)sc2-c2ccccc2)oc1C=C. The Balaban J connectivity index is 1.51. The van der Waals surface area contributed by atoms with E-state index in [9.17, 15) is 4.79 Å². The third-order valence-corrected chi connectivity index (χ3v) is 6.18. The summed E-state index contributed by atoms with van der Waals surface area (Å²) in [6.45, 7) is 10.7. The predicted octanol–water partition coefficient (Wildman–Crippen LogP) is 5.11. The van der Waals surface area contributed by atoms with Crippen LogP contribution in [-0.2, 0) is 0 Å². The van der Waals surface area contributed by atoms with Gasteiger partial charge >= 0.3 is 0 Å². The van der Waals surface area contributed by atoms with Gasteiger partial charge in [0.25, 0.3) is 11.9 Å². The maximum atomic E-state index is 13.4. The number of hydrogen-bond donors (Lipinski definition) is 1. The minimum atomic E-state index is -0.0199. The molecule has 6 nitrogen and oxygen atoms in total. The minimum absolute atomic E-state index is 0.0199. The van der Waals surface area contributed by atoms with Crippen molar-refractivity contribution in [3.8, 4) is 10.4 Å². The molecule has 1 unspecified atom stereocenters. The first-order valence-electron chi connectivity index (χ1n) is 9.94. The number of amides is 1. The molecular formula is C23H24N4O2S. The third kappa shape index (κ3) is 3.93. The highest BCUT2D eigenvalue weighted by Crippen LogP contribution is 2.32. The van der Waals surface area contributed by atoms with Gasteiger partial charge in [0.15, 0.2) is 5.76 Å². The van der Waals surface area contributed by atoms with Crippen molar-refractivity contribution in [2.45, 2.75) is 25.8 Å². The Hall–Kier alpha value is -3.19. The molecule has 1 atom stereocenters. The van der Waals surface area contributed by atoms with Crippen LogP contribution in [-0.4, -0.2) is 39.9 Å². The van der Waals surface area contributed by atoms with E-state index in [1.54, 1.807) is 23.5 Å². The van der Waals surface area contributed by atoms with Gasteiger partial charge in [-0.05, 0) is 37.5 Å². The number of carbonyl (C=O) groups is 1. The lowest BCUT2D eigenvalue weighted by Gasteiger charge is -2.24. The van der Waals surface area contributed by atoms with Gasteiger partial charge in [-0.2, -0.15) is 4.98 Å². The summed E-state index contributed by atoms with van der Waals surface area (Å²) in [6.07, 6.45) is 5.12. The van der Waals surface area contributed by atoms with Crippen LogP contribution in [0.5, 0.6) is 0 Å². The Morgan fingerprint density at radius 2 is 2.10 bits per heavy atom. The molecule has 1 aliphatic rings. The number of nitrogens with zero attached hydrogens (tertiary/aromatic N) is 3. The van der Waals surface area contributed by atoms with Gasteiger partial charge in [0.1, 0.15) is 11.4 Å². The Morgan fingerprint density at radius 3 is 2.80 bits per heavy atom. The number of oxazole rings is 1. The van der Waals surface area contributed by atoms with Gasteiger partial charge < -0.3 is 14.6 Å². The predicted molar refractivity (Wildman–Crippen MR) is 122 cm³/mol. The molecule has 154 valence electrons. The van der Waals surface area contributed by atoms with Crippen LogP contribution in [0, 0.1) is 6.92 Å². The summed E-state index contributed by atoms with van der Waals surface area (Å²) >= 11 is 1.56. The van der Waals surface area contributed by atoms with Crippen molar-refractivity contribution in [2.24, 2.45) is 0 Å². The monoisotopic (exact) mass is 420 g/mol. The molecule has 1 amide bonds. The Morgan fingerprint density at radius 1 is 1.30 bits per heavy atom. The number of aromatic nitrogens is 2. The van der Waals surface area contributed by atoms with Gasteiger partial charge in [-0.15, -0.1) is 11.3 Å². The lowest BCUT2D eigenvalue weighted by molar-refractivity contribution is 0.0739. The molecular weight excluding hydrogens is 396 g/mol. The molecule has 1 N–H and O–H groups in total. The minimum Gasteiger partial charge on any atom is -0.424 e. The van der Waals surface area contributed by atoms with Crippen molar-refractivity contribution < 1.29 is 9.21 Å². The van der Waals surface area contributed by atoms with Crippen LogP contribution in [0.2, 0.25) is 0 Å². The van der Waals surface area contributed by atoms with E-state index >= 15 is 0 Å². The Kier molecular flexibility index (Phi) is 5.81. The van der Waals surface area contributed by atoms with Crippen molar-refractivity contribution in [3.05, 3.63) is 65.6 Å². The highest BCUT2D eigenvalue weighted by molar-refractivity contribution is 7.15. The van der Waals surface area contributed by atoms with Gasteiger partial charge in [-0.1, -0.05) is 43.5 Å². The van der Waals surface area contributed by atoms with Crippen molar-refractivity contribution in [1.29, 1.82) is 0 Å². The maximum Gasteiger partial charge on any atom is 0.295 e. The van der Waals surface area contributed by atoms with E-state index < -0.39 is 0 Å². The van der Waals surface area contributed by atoms with Crippen LogP contribution >= 0.6 is 11.3 Å². The molecule has 2 aromatic heterocycles. The number of anilines is 1. The molecule has 3 aromatic rings. The lowest BCUT2D eigenvalue weighted by atomic mass is 10.1. The molecule has 1 aliphatic heterocycles.